The van der Waals surface area contributed by atoms with Crippen LogP contribution in [0.1, 0.15) is 25.7 Å². The molecule has 2 nitrogen and oxygen atoms in total. The molecule has 1 fully saturated rings. The topological polar surface area (TPSA) is 20.3 Å². The van der Waals surface area contributed by atoms with Crippen LogP contribution in [0.15, 0.2) is 0 Å². The Hall–Kier alpha value is -0.600. The van der Waals surface area contributed by atoms with Gasteiger partial charge in [-0.3, -0.25) is 9.18 Å². The van der Waals surface area contributed by atoms with E-state index in [0.717, 1.165) is 19.4 Å². The van der Waals surface area contributed by atoms with Gasteiger partial charge in [0.25, 0.3) is 0 Å². The first-order valence-electron chi connectivity index (χ1n) is 4.18. The van der Waals surface area contributed by atoms with Crippen molar-refractivity contribution >= 4 is 5.91 Å². The largest absolute Gasteiger partial charge is 0.343 e. The summed E-state index contributed by atoms with van der Waals surface area (Å²) < 4.78 is 11.7. The van der Waals surface area contributed by atoms with Gasteiger partial charge >= 0.3 is 0 Å². The molecule has 0 radical (unpaired) electrons. The summed E-state index contributed by atoms with van der Waals surface area (Å²) in [6.07, 6.45) is 3.24. The Balaban J connectivity index is 2.24. The van der Waals surface area contributed by atoms with Crippen LogP contribution in [0, 0.1) is 0 Å². The number of likely N-dealkylation sites (tertiary alicyclic amines) is 1. The quantitative estimate of drug-likeness (QED) is 0.608. The zero-order chi connectivity index (χ0) is 8.10. The first-order chi connectivity index (χ1) is 5.34. The van der Waals surface area contributed by atoms with E-state index in [2.05, 4.69) is 0 Å². The summed E-state index contributed by atoms with van der Waals surface area (Å²) in [5.41, 5.74) is 0. The Kier molecular flexibility index (Phi) is 3.33. The lowest BCUT2D eigenvalue weighted by Gasteiger charge is -2.26. The Morgan fingerprint density at radius 1 is 1.45 bits per heavy atom. The highest BCUT2D eigenvalue weighted by molar-refractivity contribution is 5.76. The number of carbonyl (C=O) groups is 1. The van der Waals surface area contributed by atoms with Crippen molar-refractivity contribution < 1.29 is 9.18 Å². The number of nitrogens with zero attached hydrogens (tertiary/aromatic N) is 1. The van der Waals surface area contributed by atoms with Gasteiger partial charge in [0.1, 0.15) is 0 Å². The molecule has 11 heavy (non-hydrogen) atoms. The molecule has 1 aliphatic heterocycles. The summed E-state index contributed by atoms with van der Waals surface area (Å²) in [6.45, 7) is 1.12. The highest BCUT2D eigenvalue weighted by Crippen LogP contribution is 2.10. The van der Waals surface area contributed by atoms with E-state index >= 15 is 0 Å². The first kappa shape index (κ1) is 8.50. The Labute approximate surface area is 66.4 Å². The molecule has 0 aromatic rings. The molecule has 0 spiro atoms. The molecule has 0 aromatic carbocycles. The molecular weight excluding hydrogens is 145 g/mol. The summed E-state index contributed by atoms with van der Waals surface area (Å²) in [4.78, 5) is 12.9. The molecule has 1 saturated heterocycles. The van der Waals surface area contributed by atoms with Crippen molar-refractivity contribution in [1.82, 2.24) is 4.90 Å². The summed E-state index contributed by atoms with van der Waals surface area (Å²) in [5.74, 6) is 0.199. The Morgan fingerprint density at radius 2 is 2.27 bits per heavy atom. The van der Waals surface area contributed by atoms with E-state index < -0.39 is 0 Å². The fourth-order valence-electron chi connectivity index (χ4n) is 1.35. The minimum Gasteiger partial charge on any atom is -0.343 e. The predicted molar refractivity (Wildman–Crippen MR) is 41.0 cm³/mol. The average Bonchev–Trinajstić information content (AvgIpc) is 2.03. The van der Waals surface area contributed by atoms with Gasteiger partial charge in [0, 0.05) is 19.5 Å². The van der Waals surface area contributed by atoms with Gasteiger partial charge in [-0.1, -0.05) is 0 Å². The lowest BCUT2D eigenvalue weighted by atomic mass is 10.1. The summed E-state index contributed by atoms with van der Waals surface area (Å²) in [7, 11) is 0. The molecule has 0 aromatic heterocycles. The lowest BCUT2D eigenvalue weighted by molar-refractivity contribution is -0.133. The third kappa shape index (κ3) is 2.48. The van der Waals surface area contributed by atoms with Crippen molar-refractivity contribution in [3.63, 3.8) is 0 Å². The molecule has 0 atom stereocenters. The maximum absolute atomic E-state index is 11.7. The molecule has 0 unspecified atom stereocenters. The molecule has 0 N–H and O–H groups in total. The zero-order valence-electron chi connectivity index (χ0n) is 6.68. The number of alkyl halides is 1. The Morgan fingerprint density at radius 3 is 2.91 bits per heavy atom. The van der Waals surface area contributed by atoms with Gasteiger partial charge in [-0.25, -0.2) is 0 Å². The maximum Gasteiger partial charge on any atom is 0.222 e. The second kappa shape index (κ2) is 4.31. The van der Waals surface area contributed by atoms with Gasteiger partial charge in [0.15, 0.2) is 0 Å². The van der Waals surface area contributed by atoms with Crippen LogP contribution in [-0.4, -0.2) is 30.6 Å². The number of hydrogen-bond donors (Lipinski definition) is 0. The average molecular weight is 159 g/mol. The van der Waals surface area contributed by atoms with Crippen LogP contribution in [0.4, 0.5) is 4.39 Å². The molecule has 3 heteroatoms. The lowest BCUT2D eigenvalue weighted by Crippen LogP contribution is -2.36. The van der Waals surface area contributed by atoms with Crippen LogP contribution in [0.2, 0.25) is 0 Å². The number of piperidine rings is 1. The van der Waals surface area contributed by atoms with E-state index in [1.807, 2.05) is 0 Å². The normalized spacial score (nSPS) is 19.0. The van der Waals surface area contributed by atoms with Crippen LogP contribution >= 0.6 is 0 Å². The van der Waals surface area contributed by atoms with Gasteiger partial charge in [0.05, 0.1) is 6.67 Å². The standard InChI is InChI=1S/C8H14FNO/c9-5-3-7-10-6-2-1-4-8(10)11/h1-7H2. The smallest absolute Gasteiger partial charge is 0.222 e. The van der Waals surface area contributed by atoms with Gasteiger partial charge in [0.2, 0.25) is 5.91 Å². The van der Waals surface area contributed by atoms with Crippen LogP contribution in [0.25, 0.3) is 0 Å². The fourth-order valence-corrected chi connectivity index (χ4v) is 1.35. The van der Waals surface area contributed by atoms with Gasteiger partial charge in [-0.2, -0.15) is 0 Å². The molecule has 0 aliphatic carbocycles. The molecular formula is C8H14FNO. The van der Waals surface area contributed by atoms with Crippen molar-refractivity contribution in [3.05, 3.63) is 0 Å². The highest BCUT2D eigenvalue weighted by atomic mass is 19.1. The van der Waals surface area contributed by atoms with Crippen LogP contribution in [-0.2, 0) is 4.79 Å². The molecule has 1 rings (SSSR count). The molecule has 1 amide bonds. The minimum atomic E-state index is -0.316. The maximum atomic E-state index is 11.7. The molecule has 64 valence electrons. The second-order valence-corrected chi connectivity index (χ2v) is 2.88. The minimum absolute atomic E-state index is 0.199. The number of carbonyl (C=O) groups excluding carboxylic acids is 1. The monoisotopic (exact) mass is 159 g/mol. The highest BCUT2D eigenvalue weighted by Gasteiger charge is 2.16. The number of halogens is 1. The second-order valence-electron chi connectivity index (χ2n) is 2.88. The third-order valence-corrected chi connectivity index (χ3v) is 1.98. The van der Waals surface area contributed by atoms with Crippen LogP contribution in [0.3, 0.4) is 0 Å². The molecule has 0 saturated carbocycles. The van der Waals surface area contributed by atoms with Crippen molar-refractivity contribution in [2.75, 3.05) is 19.8 Å². The van der Waals surface area contributed by atoms with E-state index in [1.54, 1.807) is 4.90 Å². The van der Waals surface area contributed by atoms with E-state index in [1.165, 1.54) is 0 Å². The summed E-state index contributed by atoms with van der Waals surface area (Å²) in [6, 6.07) is 0. The first-order valence-corrected chi connectivity index (χ1v) is 4.18. The van der Waals surface area contributed by atoms with E-state index in [9.17, 15) is 9.18 Å². The predicted octanol–water partition coefficient (Wildman–Crippen LogP) is 1.36. The number of amides is 1. The van der Waals surface area contributed by atoms with E-state index in [0.29, 0.717) is 19.4 Å². The zero-order valence-corrected chi connectivity index (χ0v) is 6.68. The fraction of sp³-hybridized carbons (Fsp3) is 0.875. The number of rotatable bonds is 3. The SMILES string of the molecule is O=C1CCCCN1CCCF. The van der Waals surface area contributed by atoms with Gasteiger partial charge < -0.3 is 4.90 Å². The van der Waals surface area contributed by atoms with Gasteiger partial charge in [-0.15, -0.1) is 0 Å². The Bertz CT molecular complexity index is 138. The van der Waals surface area contributed by atoms with E-state index in [4.69, 9.17) is 0 Å². The van der Waals surface area contributed by atoms with Crippen molar-refractivity contribution in [1.29, 1.82) is 0 Å². The molecule has 0 bridgehead atoms. The molecule has 1 heterocycles. The molecule has 1 aliphatic rings. The summed E-state index contributed by atoms with van der Waals surface area (Å²) in [5, 5.41) is 0. The van der Waals surface area contributed by atoms with Crippen LogP contribution < -0.4 is 0 Å². The van der Waals surface area contributed by atoms with Crippen LogP contribution in [0.5, 0.6) is 0 Å². The third-order valence-electron chi connectivity index (χ3n) is 1.98. The van der Waals surface area contributed by atoms with Crippen molar-refractivity contribution in [2.24, 2.45) is 0 Å². The van der Waals surface area contributed by atoms with Gasteiger partial charge in [-0.05, 0) is 19.3 Å². The number of hydrogen-bond acceptors (Lipinski definition) is 1. The van der Waals surface area contributed by atoms with Crippen molar-refractivity contribution in [2.45, 2.75) is 25.7 Å². The van der Waals surface area contributed by atoms with E-state index in [-0.39, 0.29) is 12.6 Å². The summed E-state index contributed by atoms with van der Waals surface area (Å²) >= 11 is 0. The van der Waals surface area contributed by atoms with Crippen molar-refractivity contribution in [3.8, 4) is 0 Å².